The molecule has 0 bridgehead atoms. The summed E-state index contributed by atoms with van der Waals surface area (Å²) in [6.45, 7) is 5.78. The monoisotopic (exact) mass is 332 g/mol. The predicted octanol–water partition coefficient (Wildman–Crippen LogP) is 2.49. The third kappa shape index (κ3) is 3.24. The lowest BCUT2D eigenvalue weighted by Gasteiger charge is -2.42. The molecule has 4 rings (SSSR count). The van der Waals surface area contributed by atoms with Crippen molar-refractivity contribution in [2.75, 3.05) is 46.4 Å². The van der Waals surface area contributed by atoms with Gasteiger partial charge in [0.15, 0.2) is 0 Å². The maximum absolute atomic E-state index is 12.5. The van der Waals surface area contributed by atoms with Gasteiger partial charge in [0.25, 0.3) is 5.91 Å². The van der Waals surface area contributed by atoms with Gasteiger partial charge in [-0.3, -0.25) is 4.79 Å². The molecular weight excluding hydrogens is 304 g/mol. The number of carbonyl (C=O) groups excluding carboxylic acids is 1. The van der Waals surface area contributed by atoms with Crippen molar-refractivity contribution in [3.63, 3.8) is 0 Å². The van der Waals surface area contributed by atoms with Gasteiger partial charge in [-0.15, -0.1) is 0 Å². The summed E-state index contributed by atoms with van der Waals surface area (Å²) in [5.41, 5.74) is 0.990. The number of rotatable bonds is 5. The fourth-order valence-electron chi connectivity index (χ4n) is 4.48. The molecule has 1 spiro atoms. The number of hydrogen-bond donors (Lipinski definition) is 0. The zero-order valence-electron chi connectivity index (χ0n) is 14.6. The van der Waals surface area contributed by atoms with Gasteiger partial charge in [-0.1, -0.05) is 0 Å². The first-order valence-corrected chi connectivity index (χ1v) is 9.24. The Morgan fingerprint density at radius 1 is 1.33 bits per heavy atom. The Kier molecular flexibility index (Phi) is 4.39. The van der Waals surface area contributed by atoms with E-state index < -0.39 is 0 Å². The lowest BCUT2D eigenvalue weighted by Crippen LogP contribution is -2.47. The van der Waals surface area contributed by atoms with Crippen LogP contribution in [0.1, 0.15) is 36.0 Å². The van der Waals surface area contributed by atoms with Crippen LogP contribution < -0.4 is 0 Å². The third-order valence-electron chi connectivity index (χ3n) is 6.17. The molecule has 3 aliphatic rings. The van der Waals surface area contributed by atoms with E-state index in [1.165, 1.54) is 12.8 Å². The predicted molar refractivity (Wildman–Crippen MR) is 90.8 cm³/mol. The van der Waals surface area contributed by atoms with Crippen molar-refractivity contribution < 1.29 is 13.9 Å². The summed E-state index contributed by atoms with van der Waals surface area (Å²) in [5.74, 6) is 1.54. The second-order valence-electron chi connectivity index (χ2n) is 8.04. The normalized spacial score (nSPS) is 27.0. The van der Waals surface area contributed by atoms with Crippen LogP contribution >= 0.6 is 0 Å². The van der Waals surface area contributed by atoms with Crippen LogP contribution in [0.25, 0.3) is 0 Å². The van der Waals surface area contributed by atoms with Crippen LogP contribution in [0.5, 0.6) is 0 Å². The lowest BCUT2D eigenvalue weighted by molar-refractivity contribution is 0.0180. The molecule has 1 saturated carbocycles. The third-order valence-corrected chi connectivity index (χ3v) is 6.17. The molecule has 1 aliphatic carbocycles. The standard InChI is InChI=1S/C19H28N2O3/c1-20-10-17(13-24-11-15-2-3-15)19(14-20)5-7-21(8-6-19)18(22)16-4-9-23-12-16/h4,9,12,15,17H,2-3,5-8,10-11,13-14H2,1H3. The number of furan rings is 1. The Hall–Kier alpha value is -1.33. The van der Waals surface area contributed by atoms with Gasteiger partial charge in [-0.05, 0) is 50.1 Å². The first kappa shape index (κ1) is 16.2. The van der Waals surface area contributed by atoms with Crippen molar-refractivity contribution in [2.24, 2.45) is 17.3 Å². The summed E-state index contributed by atoms with van der Waals surface area (Å²) < 4.78 is 11.1. The van der Waals surface area contributed by atoms with E-state index >= 15 is 0 Å². The van der Waals surface area contributed by atoms with E-state index in [2.05, 4.69) is 11.9 Å². The van der Waals surface area contributed by atoms with E-state index in [-0.39, 0.29) is 5.91 Å². The molecule has 5 nitrogen and oxygen atoms in total. The van der Waals surface area contributed by atoms with E-state index in [1.54, 1.807) is 18.6 Å². The molecular formula is C19H28N2O3. The van der Waals surface area contributed by atoms with Crippen molar-refractivity contribution in [1.29, 1.82) is 0 Å². The second kappa shape index (κ2) is 6.52. The Bertz CT molecular complexity index is 559. The topological polar surface area (TPSA) is 45.9 Å². The SMILES string of the molecule is CN1CC(COCC2CC2)C2(CCN(C(=O)c3ccoc3)CC2)C1. The molecule has 1 amide bonds. The van der Waals surface area contributed by atoms with Gasteiger partial charge < -0.3 is 19.0 Å². The molecule has 1 aromatic rings. The fourth-order valence-corrected chi connectivity index (χ4v) is 4.48. The van der Waals surface area contributed by atoms with E-state index in [1.807, 2.05) is 4.90 Å². The molecule has 0 radical (unpaired) electrons. The molecule has 1 atom stereocenters. The van der Waals surface area contributed by atoms with Crippen molar-refractivity contribution >= 4 is 5.91 Å². The highest BCUT2D eigenvalue weighted by atomic mass is 16.5. The maximum atomic E-state index is 12.5. The first-order valence-electron chi connectivity index (χ1n) is 9.24. The zero-order chi connectivity index (χ0) is 16.6. The minimum atomic E-state index is 0.103. The lowest BCUT2D eigenvalue weighted by atomic mass is 9.71. The van der Waals surface area contributed by atoms with E-state index in [4.69, 9.17) is 9.15 Å². The van der Waals surface area contributed by atoms with Crippen molar-refractivity contribution in [1.82, 2.24) is 9.80 Å². The number of likely N-dealkylation sites (tertiary alicyclic amines) is 2. The minimum Gasteiger partial charge on any atom is -0.472 e. The highest BCUT2D eigenvalue weighted by Crippen LogP contribution is 2.44. The van der Waals surface area contributed by atoms with Crippen LogP contribution in [0.4, 0.5) is 0 Å². The van der Waals surface area contributed by atoms with Crippen molar-refractivity contribution in [3.05, 3.63) is 24.2 Å². The molecule has 2 aliphatic heterocycles. The van der Waals surface area contributed by atoms with Crippen LogP contribution in [0.15, 0.2) is 23.0 Å². The maximum Gasteiger partial charge on any atom is 0.257 e. The highest BCUT2D eigenvalue weighted by molar-refractivity contribution is 5.93. The Morgan fingerprint density at radius 3 is 2.79 bits per heavy atom. The van der Waals surface area contributed by atoms with Crippen LogP contribution in [-0.2, 0) is 4.74 Å². The summed E-state index contributed by atoms with van der Waals surface area (Å²) in [7, 11) is 2.21. The number of piperidine rings is 1. The number of hydrogen-bond acceptors (Lipinski definition) is 4. The molecule has 5 heteroatoms. The minimum absolute atomic E-state index is 0.103. The number of amides is 1. The number of ether oxygens (including phenoxy) is 1. The molecule has 132 valence electrons. The van der Waals surface area contributed by atoms with Gasteiger partial charge in [0.05, 0.1) is 18.4 Å². The molecule has 24 heavy (non-hydrogen) atoms. The first-order chi connectivity index (χ1) is 11.7. The zero-order valence-corrected chi connectivity index (χ0v) is 14.6. The molecule has 0 aromatic carbocycles. The molecule has 3 fully saturated rings. The molecule has 1 unspecified atom stereocenters. The number of nitrogens with zero attached hydrogens (tertiary/aromatic N) is 2. The van der Waals surface area contributed by atoms with Gasteiger partial charge in [-0.25, -0.2) is 0 Å². The van der Waals surface area contributed by atoms with Crippen LogP contribution in [0.2, 0.25) is 0 Å². The van der Waals surface area contributed by atoms with Gasteiger partial charge >= 0.3 is 0 Å². The van der Waals surface area contributed by atoms with Crippen LogP contribution in [0.3, 0.4) is 0 Å². The average Bonchev–Trinajstić information content (AvgIpc) is 3.14. The van der Waals surface area contributed by atoms with Crippen molar-refractivity contribution in [3.8, 4) is 0 Å². The summed E-state index contributed by atoms with van der Waals surface area (Å²) in [6, 6.07) is 1.75. The van der Waals surface area contributed by atoms with Gasteiger partial charge in [-0.2, -0.15) is 0 Å². The second-order valence-corrected chi connectivity index (χ2v) is 8.04. The van der Waals surface area contributed by atoms with Gasteiger partial charge in [0, 0.05) is 38.7 Å². The Morgan fingerprint density at radius 2 is 2.12 bits per heavy atom. The smallest absolute Gasteiger partial charge is 0.257 e. The summed E-state index contributed by atoms with van der Waals surface area (Å²) >= 11 is 0. The van der Waals surface area contributed by atoms with Crippen LogP contribution in [-0.4, -0.2) is 62.1 Å². The summed E-state index contributed by atoms with van der Waals surface area (Å²) in [6.07, 6.45) is 7.97. The Balaban J connectivity index is 1.35. The molecule has 3 heterocycles. The van der Waals surface area contributed by atoms with Crippen LogP contribution in [0, 0.1) is 17.3 Å². The number of carbonyl (C=O) groups is 1. The largest absolute Gasteiger partial charge is 0.472 e. The Labute approximate surface area is 143 Å². The van der Waals surface area contributed by atoms with E-state index in [0.717, 1.165) is 58.2 Å². The molecule has 0 N–H and O–H groups in total. The summed E-state index contributed by atoms with van der Waals surface area (Å²) in [4.78, 5) is 16.9. The fraction of sp³-hybridized carbons (Fsp3) is 0.737. The molecule has 1 aromatic heterocycles. The van der Waals surface area contributed by atoms with Crippen molar-refractivity contribution in [2.45, 2.75) is 25.7 Å². The van der Waals surface area contributed by atoms with E-state index in [9.17, 15) is 4.79 Å². The van der Waals surface area contributed by atoms with E-state index in [0.29, 0.717) is 16.9 Å². The average molecular weight is 332 g/mol. The van der Waals surface area contributed by atoms with Gasteiger partial charge in [0.1, 0.15) is 6.26 Å². The molecule has 2 saturated heterocycles. The highest BCUT2D eigenvalue weighted by Gasteiger charge is 2.47. The van der Waals surface area contributed by atoms with Gasteiger partial charge in [0.2, 0.25) is 0 Å². The summed E-state index contributed by atoms with van der Waals surface area (Å²) in [5, 5.41) is 0. The quantitative estimate of drug-likeness (QED) is 0.831.